The lowest BCUT2D eigenvalue weighted by Gasteiger charge is -2.17. The maximum atomic E-state index is 13.8. The van der Waals surface area contributed by atoms with E-state index in [4.69, 9.17) is 0 Å². The molecule has 0 unspecified atom stereocenters. The van der Waals surface area contributed by atoms with Crippen molar-refractivity contribution >= 4 is 17.6 Å². The highest BCUT2D eigenvalue weighted by Crippen LogP contribution is 2.26. The van der Waals surface area contributed by atoms with Gasteiger partial charge in [0.15, 0.2) is 0 Å². The van der Waals surface area contributed by atoms with Crippen molar-refractivity contribution in [3.63, 3.8) is 0 Å². The molecule has 2 heterocycles. The number of benzene rings is 2. The van der Waals surface area contributed by atoms with E-state index in [9.17, 15) is 18.4 Å². The number of hydrogen-bond acceptors (Lipinski definition) is 3. The highest BCUT2D eigenvalue weighted by molar-refractivity contribution is 6.12. The number of aromatic amines is 1. The molecule has 1 saturated heterocycles. The Bertz CT molecular complexity index is 1000. The topological polar surface area (TPSA) is 69.3 Å². The molecule has 1 aliphatic rings. The second-order valence-corrected chi connectivity index (χ2v) is 6.12. The third-order valence-corrected chi connectivity index (χ3v) is 4.40. The van der Waals surface area contributed by atoms with E-state index in [0.29, 0.717) is 5.69 Å². The molecule has 0 bridgehead atoms. The number of anilines is 1. The zero-order chi connectivity index (χ0) is 19.0. The highest BCUT2D eigenvalue weighted by Gasteiger charge is 2.37. The minimum Gasteiger partial charge on any atom is -0.285 e. The van der Waals surface area contributed by atoms with Gasteiger partial charge in [-0.1, -0.05) is 12.1 Å². The van der Waals surface area contributed by atoms with Crippen LogP contribution in [-0.4, -0.2) is 33.6 Å². The number of imide groups is 1. The quantitative estimate of drug-likeness (QED) is 0.718. The Morgan fingerprint density at radius 2 is 1.81 bits per heavy atom. The summed E-state index contributed by atoms with van der Waals surface area (Å²) in [5.41, 5.74) is 2.30. The van der Waals surface area contributed by atoms with Crippen LogP contribution in [-0.2, 0) is 11.3 Å². The Morgan fingerprint density at radius 1 is 1.04 bits per heavy atom. The predicted octanol–water partition coefficient (Wildman–Crippen LogP) is 3.32. The molecule has 136 valence electrons. The summed E-state index contributed by atoms with van der Waals surface area (Å²) in [5.74, 6) is -1.76. The smallest absolute Gasteiger partial charge is 0.285 e. The summed E-state index contributed by atoms with van der Waals surface area (Å²) < 4.78 is 27.2. The lowest BCUT2D eigenvalue weighted by Crippen LogP contribution is -2.32. The van der Waals surface area contributed by atoms with E-state index in [-0.39, 0.29) is 18.7 Å². The molecule has 0 radical (unpaired) electrons. The first-order valence-electron chi connectivity index (χ1n) is 8.18. The van der Waals surface area contributed by atoms with E-state index in [1.165, 1.54) is 4.90 Å². The maximum absolute atomic E-state index is 13.8. The Balaban J connectivity index is 1.55. The number of H-pyrrole nitrogens is 1. The van der Waals surface area contributed by atoms with Crippen LogP contribution in [0.2, 0.25) is 0 Å². The van der Waals surface area contributed by atoms with Crippen molar-refractivity contribution in [2.45, 2.75) is 6.54 Å². The van der Waals surface area contributed by atoms with E-state index >= 15 is 0 Å². The average Bonchev–Trinajstić information content (AvgIpc) is 3.29. The molecule has 1 aliphatic heterocycles. The summed E-state index contributed by atoms with van der Waals surface area (Å²) in [4.78, 5) is 27.1. The Labute approximate surface area is 153 Å². The van der Waals surface area contributed by atoms with Crippen molar-refractivity contribution in [1.82, 2.24) is 15.1 Å². The highest BCUT2D eigenvalue weighted by atomic mass is 19.1. The summed E-state index contributed by atoms with van der Waals surface area (Å²) in [6, 6.07) is 9.44. The van der Waals surface area contributed by atoms with E-state index < -0.39 is 23.6 Å². The Kier molecular flexibility index (Phi) is 4.15. The largest absolute Gasteiger partial charge is 0.332 e. The summed E-state index contributed by atoms with van der Waals surface area (Å²) in [6.45, 7) is -0.467. The third kappa shape index (κ3) is 3.17. The van der Waals surface area contributed by atoms with Gasteiger partial charge in [0.1, 0.15) is 18.2 Å². The number of rotatable bonds is 4. The van der Waals surface area contributed by atoms with Crippen LogP contribution >= 0.6 is 0 Å². The number of aromatic nitrogens is 2. The first-order valence-corrected chi connectivity index (χ1v) is 8.18. The molecule has 0 aliphatic carbocycles. The molecule has 0 saturated carbocycles. The number of carbonyl (C=O) groups is 2. The Morgan fingerprint density at radius 3 is 2.52 bits per heavy atom. The van der Waals surface area contributed by atoms with Crippen LogP contribution in [0.25, 0.3) is 11.1 Å². The van der Waals surface area contributed by atoms with E-state index in [0.717, 1.165) is 34.2 Å². The molecule has 2 aromatic carbocycles. The number of carbonyl (C=O) groups excluding carboxylic acids is 2. The summed E-state index contributed by atoms with van der Waals surface area (Å²) in [5, 5.41) is 6.61. The zero-order valence-electron chi connectivity index (χ0n) is 14.0. The second-order valence-electron chi connectivity index (χ2n) is 6.12. The van der Waals surface area contributed by atoms with Crippen LogP contribution in [0.1, 0.15) is 5.56 Å². The van der Waals surface area contributed by atoms with Crippen molar-refractivity contribution in [2.24, 2.45) is 0 Å². The molecule has 4 rings (SSSR count). The first-order chi connectivity index (χ1) is 13.0. The third-order valence-electron chi connectivity index (χ3n) is 4.40. The molecule has 0 atom stereocenters. The number of nitrogens with zero attached hydrogens (tertiary/aromatic N) is 3. The summed E-state index contributed by atoms with van der Waals surface area (Å²) >= 11 is 0. The fourth-order valence-electron chi connectivity index (χ4n) is 2.98. The number of amides is 3. The minimum absolute atomic E-state index is 0.0474. The first kappa shape index (κ1) is 16.9. The lowest BCUT2D eigenvalue weighted by atomic mass is 10.1. The average molecular weight is 368 g/mol. The van der Waals surface area contributed by atoms with Gasteiger partial charge < -0.3 is 0 Å². The molecule has 0 spiro atoms. The molecule has 8 heteroatoms. The maximum Gasteiger partial charge on any atom is 0.332 e. The van der Waals surface area contributed by atoms with Gasteiger partial charge in [-0.25, -0.2) is 13.6 Å². The van der Waals surface area contributed by atoms with Crippen molar-refractivity contribution in [3.8, 4) is 11.1 Å². The van der Waals surface area contributed by atoms with Crippen molar-refractivity contribution < 1.29 is 18.4 Å². The van der Waals surface area contributed by atoms with Gasteiger partial charge in [-0.05, 0) is 35.9 Å². The van der Waals surface area contributed by atoms with Crippen LogP contribution in [0.4, 0.5) is 19.3 Å². The zero-order valence-corrected chi connectivity index (χ0v) is 14.0. The molecule has 1 N–H and O–H groups in total. The van der Waals surface area contributed by atoms with Crippen molar-refractivity contribution in [2.75, 3.05) is 11.4 Å². The molecule has 27 heavy (non-hydrogen) atoms. The van der Waals surface area contributed by atoms with E-state index in [1.807, 2.05) is 12.1 Å². The molecule has 3 aromatic rings. The van der Waals surface area contributed by atoms with Gasteiger partial charge in [0.2, 0.25) is 0 Å². The van der Waals surface area contributed by atoms with Crippen molar-refractivity contribution in [1.29, 1.82) is 0 Å². The SMILES string of the molecule is O=C1CN(c2ccc(-c3cn[nH]c3)cc2)C(=O)N1Cc1cc(F)ccc1F. The standard InChI is InChI=1S/C19H14F2N4O2/c20-15-3-6-17(21)13(7-15)10-25-18(26)11-24(19(25)27)16-4-1-12(2-5-16)14-8-22-23-9-14/h1-9H,10-11H2,(H,22,23). The van der Waals surface area contributed by atoms with E-state index in [2.05, 4.69) is 10.2 Å². The van der Waals surface area contributed by atoms with Crippen molar-refractivity contribution in [3.05, 3.63) is 72.1 Å². The summed E-state index contributed by atoms with van der Waals surface area (Å²) in [6.07, 6.45) is 3.42. The number of urea groups is 1. The van der Waals surface area contributed by atoms with E-state index in [1.54, 1.807) is 24.5 Å². The molecular weight excluding hydrogens is 354 g/mol. The van der Waals surface area contributed by atoms with Gasteiger partial charge in [-0.2, -0.15) is 5.10 Å². The van der Waals surface area contributed by atoms with Gasteiger partial charge >= 0.3 is 6.03 Å². The second kappa shape index (κ2) is 6.64. The van der Waals surface area contributed by atoms with Crippen LogP contribution in [0.3, 0.4) is 0 Å². The Hall–Kier alpha value is -3.55. The van der Waals surface area contributed by atoms with Crippen LogP contribution in [0.5, 0.6) is 0 Å². The molecular formula is C19H14F2N4O2. The van der Waals surface area contributed by atoms with Gasteiger partial charge in [-0.15, -0.1) is 0 Å². The monoisotopic (exact) mass is 368 g/mol. The molecule has 6 nitrogen and oxygen atoms in total. The molecule has 3 amide bonds. The molecule has 1 aromatic heterocycles. The number of nitrogens with one attached hydrogen (secondary N) is 1. The van der Waals surface area contributed by atoms with Crippen LogP contribution in [0, 0.1) is 11.6 Å². The lowest BCUT2D eigenvalue weighted by molar-refractivity contribution is -0.125. The summed E-state index contributed by atoms with van der Waals surface area (Å²) in [7, 11) is 0. The van der Waals surface area contributed by atoms with Crippen LogP contribution in [0.15, 0.2) is 54.9 Å². The van der Waals surface area contributed by atoms with Gasteiger partial charge in [0.25, 0.3) is 5.91 Å². The predicted molar refractivity (Wildman–Crippen MR) is 93.7 cm³/mol. The number of hydrogen-bond donors (Lipinski definition) is 1. The fourth-order valence-corrected chi connectivity index (χ4v) is 2.98. The van der Waals surface area contributed by atoms with Gasteiger partial charge in [0, 0.05) is 23.0 Å². The van der Waals surface area contributed by atoms with Gasteiger partial charge in [0.05, 0.1) is 12.7 Å². The normalized spacial score (nSPS) is 14.3. The van der Waals surface area contributed by atoms with Gasteiger partial charge in [-0.3, -0.25) is 19.7 Å². The minimum atomic E-state index is -0.667. The molecule has 1 fully saturated rings. The fraction of sp³-hybridized carbons (Fsp3) is 0.105. The number of halogens is 2. The van der Waals surface area contributed by atoms with Crippen LogP contribution < -0.4 is 4.90 Å².